The molecule has 0 aromatic carbocycles. The Morgan fingerprint density at radius 3 is 2.81 bits per heavy atom. The third-order valence-electron chi connectivity index (χ3n) is 3.50. The highest BCUT2D eigenvalue weighted by Crippen LogP contribution is 2.24. The van der Waals surface area contributed by atoms with Crippen molar-refractivity contribution >= 4 is 17.2 Å². The molecule has 1 aliphatic rings. The summed E-state index contributed by atoms with van der Waals surface area (Å²) in [6, 6.07) is 2.38. The number of carbonyl (C=O) groups is 1. The van der Waals surface area contributed by atoms with Crippen molar-refractivity contribution in [1.82, 2.24) is 5.32 Å². The first-order valence-electron chi connectivity index (χ1n) is 6.03. The lowest BCUT2D eigenvalue weighted by molar-refractivity contribution is 0.0914. The maximum Gasteiger partial charge on any atom is 0.261 e. The zero-order valence-corrected chi connectivity index (χ0v) is 10.8. The Kier molecular flexibility index (Phi) is 3.64. The van der Waals surface area contributed by atoms with Gasteiger partial charge < -0.3 is 5.32 Å². The highest BCUT2D eigenvalue weighted by molar-refractivity contribution is 7.12. The molecule has 0 bridgehead atoms. The van der Waals surface area contributed by atoms with E-state index in [1.54, 1.807) is 0 Å². The summed E-state index contributed by atoms with van der Waals surface area (Å²) in [7, 11) is 0. The molecule has 3 heteroatoms. The summed E-state index contributed by atoms with van der Waals surface area (Å²) >= 11 is 1.54. The van der Waals surface area contributed by atoms with Gasteiger partial charge in [-0.25, -0.2) is 0 Å². The molecule has 1 aromatic heterocycles. The lowest BCUT2D eigenvalue weighted by Crippen LogP contribution is -2.40. The smallest absolute Gasteiger partial charge is 0.261 e. The van der Waals surface area contributed by atoms with Crippen LogP contribution in [-0.4, -0.2) is 11.9 Å². The number of nitrogens with one attached hydrogen (secondary N) is 1. The summed E-state index contributed by atoms with van der Waals surface area (Å²) in [6.07, 6.45) is 4.94. The number of carbonyl (C=O) groups excluding carboxylic acids is 1. The van der Waals surface area contributed by atoms with Gasteiger partial charge in [-0.1, -0.05) is 19.8 Å². The fourth-order valence-electron chi connectivity index (χ4n) is 2.37. The van der Waals surface area contributed by atoms with Gasteiger partial charge in [-0.2, -0.15) is 0 Å². The molecule has 0 aliphatic heterocycles. The van der Waals surface area contributed by atoms with Crippen LogP contribution in [0.15, 0.2) is 11.4 Å². The molecule has 88 valence electrons. The molecular weight excluding hydrogens is 218 g/mol. The Bertz CT molecular complexity index is 372. The Morgan fingerprint density at radius 2 is 2.19 bits per heavy atom. The molecule has 1 heterocycles. The summed E-state index contributed by atoms with van der Waals surface area (Å²) in [4.78, 5) is 12.9. The highest BCUT2D eigenvalue weighted by atomic mass is 32.1. The second-order valence-corrected chi connectivity index (χ2v) is 5.69. The lowest BCUT2D eigenvalue weighted by Gasteiger charge is -2.29. The number of amides is 1. The summed E-state index contributed by atoms with van der Waals surface area (Å²) in [5.41, 5.74) is 1.09. The van der Waals surface area contributed by atoms with E-state index < -0.39 is 0 Å². The Labute approximate surface area is 101 Å². The van der Waals surface area contributed by atoms with E-state index in [1.165, 1.54) is 30.6 Å². The van der Waals surface area contributed by atoms with Crippen LogP contribution in [-0.2, 0) is 0 Å². The number of thiophene rings is 1. The zero-order chi connectivity index (χ0) is 11.5. The van der Waals surface area contributed by atoms with Gasteiger partial charge in [-0.15, -0.1) is 11.3 Å². The first kappa shape index (κ1) is 11.6. The van der Waals surface area contributed by atoms with E-state index >= 15 is 0 Å². The van der Waals surface area contributed by atoms with Crippen LogP contribution < -0.4 is 5.32 Å². The third kappa shape index (κ3) is 2.46. The van der Waals surface area contributed by atoms with Crippen molar-refractivity contribution in [3.63, 3.8) is 0 Å². The van der Waals surface area contributed by atoms with Gasteiger partial charge in [0.1, 0.15) is 0 Å². The number of rotatable bonds is 2. The van der Waals surface area contributed by atoms with Crippen molar-refractivity contribution in [2.75, 3.05) is 0 Å². The maximum absolute atomic E-state index is 12.0. The molecule has 1 N–H and O–H groups in total. The predicted octanol–water partition coefficient (Wildman–Crippen LogP) is 3.37. The molecule has 16 heavy (non-hydrogen) atoms. The van der Waals surface area contributed by atoms with Crippen LogP contribution >= 0.6 is 11.3 Å². The minimum atomic E-state index is 0.117. The molecule has 0 saturated heterocycles. The normalized spacial score (nSPS) is 25.4. The van der Waals surface area contributed by atoms with Gasteiger partial charge in [0.2, 0.25) is 0 Å². The Morgan fingerprint density at radius 1 is 1.44 bits per heavy atom. The molecule has 1 aromatic rings. The van der Waals surface area contributed by atoms with E-state index in [-0.39, 0.29) is 5.91 Å². The summed E-state index contributed by atoms with van der Waals surface area (Å²) in [5, 5.41) is 5.16. The summed E-state index contributed by atoms with van der Waals surface area (Å²) in [6.45, 7) is 4.24. The second kappa shape index (κ2) is 5.00. The van der Waals surface area contributed by atoms with E-state index in [4.69, 9.17) is 0 Å². The molecule has 0 unspecified atom stereocenters. The molecule has 1 fully saturated rings. The van der Waals surface area contributed by atoms with Crippen molar-refractivity contribution in [3.05, 3.63) is 21.9 Å². The Hall–Kier alpha value is -0.830. The first-order valence-corrected chi connectivity index (χ1v) is 6.91. The van der Waals surface area contributed by atoms with Crippen molar-refractivity contribution in [3.8, 4) is 0 Å². The van der Waals surface area contributed by atoms with Crippen LogP contribution in [0.2, 0.25) is 0 Å². The number of hydrogen-bond donors (Lipinski definition) is 1. The lowest BCUT2D eigenvalue weighted by atomic mass is 9.86. The van der Waals surface area contributed by atoms with E-state index in [9.17, 15) is 4.79 Å². The third-order valence-corrected chi connectivity index (χ3v) is 4.51. The van der Waals surface area contributed by atoms with E-state index in [0.29, 0.717) is 12.0 Å². The van der Waals surface area contributed by atoms with Crippen LogP contribution in [0.1, 0.15) is 47.8 Å². The molecular formula is C13H19NOS. The minimum absolute atomic E-state index is 0.117. The topological polar surface area (TPSA) is 29.1 Å². The van der Waals surface area contributed by atoms with Crippen molar-refractivity contribution in [2.24, 2.45) is 5.92 Å². The summed E-state index contributed by atoms with van der Waals surface area (Å²) in [5.74, 6) is 0.740. The van der Waals surface area contributed by atoms with Crippen molar-refractivity contribution in [1.29, 1.82) is 0 Å². The van der Waals surface area contributed by atoms with Crippen LogP contribution in [0.5, 0.6) is 0 Å². The quantitative estimate of drug-likeness (QED) is 0.839. The number of hydrogen-bond acceptors (Lipinski definition) is 2. The zero-order valence-electron chi connectivity index (χ0n) is 9.95. The van der Waals surface area contributed by atoms with E-state index in [0.717, 1.165) is 16.9 Å². The standard InChI is InChI=1S/C13H19NOS/c1-9-5-3-4-6-11(9)14-13(15)12-10(2)7-8-16-12/h7-9,11H,3-6H2,1-2H3,(H,14,15)/t9-,11+/m0/s1. The van der Waals surface area contributed by atoms with E-state index in [1.807, 2.05) is 18.4 Å². The largest absolute Gasteiger partial charge is 0.348 e. The fourth-order valence-corrected chi connectivity index (χ4v) is 3.20. The minimum Gasteiger partial charge on any atom is -0.348 e. The van der Waals surface area contributed by atoms with Gasteiger partial charge in [0.15, 0.2) is 0 Å². The van der Waals surface area contributed by atoms with E-state index in [2.05, 4.69) is 12.2 Å². The maximum atomic E-state index is 12.0. The molecule has 1 amide bonds. The average Bonchev–Trinajstić information content (AvgIpc) is 2.68. The van der Waals surface area contributed by atoms with Crippen LogP contribution in [0.3, 0.4) is 0 Å². The average molecular weight is 237 g/mol. The highest BCUT2D eigenvalue weighted by Gasteiger charge is 2.23. The van der Waals surface area contributed by atoms with Crippen LogP contribution in [0.4, 0.5) is 0 Å². The molecule has 1 saturated carbocycles. The molecule has 2 atom stereocenters. The van der Waals surface area contributed by atoms with Crippen molar-refractivity contribution < 1.29 is 4.79 Å². The molecule has 1 aliphatic carbocycles. The van der Waals surface area contributed by atoms with Crippen LogP contribution in [0, 0.1) is 12.8 Å². The monoisotopic (exact) mass is 237 g/mol. The molecule has 0 spiro atoms. The molecule has 2 nitrogen and oxygen atoms in total. The molecule has 0 radical (unpaired) electrons. The fraction of sp³-hybridized carbons (Fsp3) is 0.615. The predicted molar refractivity (Wildman–Crippen MR) is 67.9 cm³/mol. The van der Waals surface area contributed by atoms with Gasteiger partial charge in [0, 0.05) is 6.04 Å². The van der Waals surface area contributed by atoms with Gasteiger partial charge in [-0.3, -0.25) is 4.79 Å². The summed E-state index contributed by atoms with van der Waals surface area (Å²) < 4.78 is 0. The molecule has 2 rings (SSSR count). The second-order valence-electron chi connectivity index (χ2n) is 4.77. The van der Waals surface area contributed by atoms with Gasteiger partial charge in [0.25, 0.3) is 5.91 Å². The number of aryl methyl sites for hydroxylation is 1. The van der Waals surface area contributed by atoms with Gasteiger partial charge >= 0.3 is 0 Å². The van der Waals surface area contributed by atoms with Gasteiger partial charge in [-0.05, 0) is 42.7 Å². The Balaban J connectivity index is 1.99. The SMILES string of the molecule is Cc1ccsc1C(=O)N[C@@H]1CCCC[C@@H]1C. The van der Waals surface area contributed by atoms with Gasteiger partial charge in [0.05, 0.1) is 4.88 Å². The van der Waals surface area contributed by atoms with Crippen molar-refractivity contribution in [2.45, 2.75) is 45.6 Å². The first-order chi connectivity index (χ1) is 7.68. The van der Waals surface area contributed by atoms with Crippen LogP contribution in [0.25, 0.3) is 0 Å².